The number of fused-ring (bicyclic) bond motifs is 1. The average Bonchev–Trinajstić information content (AvgIpc) is 2.86. The molecule has 1 fully saturated rings. The van der Waals surface area contributed by atoms with E-state index in [1.165, 1.54) is 24.8 Å². The number of aliphatic hydroxyl groups excluding tert-OH is 1. The number of hydrogen-bond acceptors (Lipinski definition) is 3. The number of hydrogen-bond donors (Lipinski definition) is 1. The molecule has 3 heteroatoms. The molecule has 0 atom stereocenters. The Morgan fingerprint density at radius 1 is 1.06 bits per heavy atom. The van der Waals surface area contributed by atoms with E-state index in [-0.39, 0.29) is 12.0 Å². The van der Waals surface area contributed by atoms with Crippen molar-refractivity contribution in [1.29, 1.82) is 0 Å². The topological polar surface area (TPSA) is 38.7 Å². The number of benzene rings is 1. The van der Waals surface area contributed by atoms with Gasteiger partial charge in [0.15, 0.2) is 11.5 Å². The fourth-order valence-corrected chi connectivity index (χ4v) is 2.99. The van der Waals surface area contributed by atoms with Gasteiger partial charge in [0.1, 0.15) is 0 Å². The first-order valence-corrected chi connectivity index (χ1v) is 6.35. The highest BCUT2D eigenvalue weighted by Crippen LogP contribution is 2.42. The quantitative estimate of drug-likeness (QED) is 0.854. The second-order valence-corrected chi connectivity index (χ2v) is 5.07. The van der Waals surface area contributed by atoms with Gasteiger partial charge in [-0.1, -0.05) is 25.3 Å². The molecule has 0 aromatic heterocycles. The summed E-state index contributed by atoms with van der Waals surface area (Å²) in [5, 5.41) is 9.77. The van der Waals surface area contributed by atoms with Crippen molar-refractivity contribution in [1.82, 2.24) is 0 Å². The van der Waals surface area contributed by atoms with Crippen molar-refractivity contribution in [3.63, 3.8) is 0 Å². The predicted octanol–water partition coefficient (Wildman–Crippen LogP) is 2.61. The zero-order valence-corrected chi connectivity index (χ0v) is 9.95. The molecule has 92 valence electrons. The Hall–Kier alpha value is -1.22. The maximum atomic E-state index is 9.77. The smallest absolute Gasteiger partial charge is 0.231 e. The summed E-state index contributed by atoms with van der Waals surface area (Å²) in [5.41, 5.74) is 1.14. The monoisotopic (exact) mass is 234 g/mol. The normalized spacial score (nSPS) is 21.5. The van der Waals surface area contributed by atoms with Crippen molar-refractivity contribution in [3.8, 4) is 11.5 Å². The van der Waals surface area contributed by atoms with Crippen LogP contribution in [0.1, 0.15) is 37.7 Å². The van der Waals surface area contributed by atoms with Crippen molar-refractivity contribution in [2.75, 3.05) is 13.4 Å². The molecular weight excluding hydrogens is 216 g/mol. The number of aliphatic hydroxyl groups is 1. The van der Waals surface area contributed by atoms with Crippen molar-refractivity contribution >= 4 is 0 Å². The van der Waals surface area contributed by atoms with Gasteiger partial charge in [0.2, 0.25) is 6.79 Å². The van der Waals surface area contributed by atoms with Gasteiger partial charge in [0, 0.05) is 5.41 Å². The third-order valence-corrected chi connectivity index (χ3v) is 4.10. The van der Waals surface area contributed by atoms with Gasteiger partial charge in [-0.3, -0.25) is 0 Å². The lowest BCUT2D eigenvalue weighted by molar-refractivity contribution is 0.151. The second kappa shape index (κ2) is 4.22. The van der Waals surface area contributed by atoms with Gasteiger partial charge in [0.25, 0.3) is 0 Å². The van der Waals surface area contributed by atoms with Gasteiger partial charge in [0.05, 0.1) is 6.61 Å². The molecule has 1 saturated carbocycles. The van der Waals surface area contributed by atoms with E-state index in [1.54, 1.807) is 0 Å². The van der Waals surface area contributed by atoms with Crippen LogP contribution >= 0.6 is 0 Å². The minimum Gasteiger partial charge on any atom is -0.454 e. The molecule has 17 heavy (non-hydrogen) atoms. The molecule has 0 bridgehead atoms. The number of rotatable bonds is 2. The van der Waals surface area contributed by atoms with Crippen LogP contribution in [-0.2, 0) is 5.41 Å². The number of ether oxygens (including phenoxy) is 2. The molecule has 1 N–H and O–H groups in total. The maximum Gasteiger partial charge on any atom is 0.231 e. The molecular formula is C14H18O3. The van der Waals surface area contributed by atoms with Crippen LogP contribution in [0.2, 0.25) is 0 Å². The van der Waals surface area contributed by atoms with Gasteiger partial charge in [-0.2, -0.15) is 0 Å². The SMILES string of the molecule is OCC1(c2ccc3c(c2)OCO3)CCCCC1. The van der Waals surface area contributed by atoms with Gasteiger partial charge >= 0.3 is 0 Å². The molecule has 1 aromatic rings. The average molecular weight is 234 g/mol. The molecule has 3 nitrogen and oxygen atoms in total. The van der Waals surface area contributed by atoms with E-state index in [0.29, 0.717) is 6.79 Å². The maximum absolute atomic E-state index is 9.77. The van der Waals surface area contributed by atoms with Gasteiger partial charge in [-0.05, 0) is 30.5 Å². The van der Waals surface area contributed by atoms with Gasteiger partial charge in [-0.15, -0.1) is 0 Å². The molecule has 1 aliphatic heterocycles. The fourth-order valence-electron chi connectivity index (χ4n) is 2.99. The Morgan fingerprint density at radius 2 is 1.82 bits per heavy atom. The summed E-state index contributed by atoms with van der Waals surface area (Å²) in [4.78, 5) is 0. The van der Waals surface area contributed by atoms with Crippen molar-refractivity contribution in [3.05, 3.63) is 23.8 Å². The predicted molar refractivity (Wildman–Crippen MR) is 64.4 cm³/mol. The summed E-state index contributed by atoms with van der Waals surface area (Å²) in [6.45, 7) is 0.539. The lowest BCUT2D eigenvalue weighted by Crippen LogP contribution is -2.32. The van der Waals surface area contributed by atoms with Crippen LogP contribution in [0.4, 0.5) is 0 Å². The Bertz CT molecular complexity index is 408. The molecule has 1 aliphatic carbocycles. The molecule has 0 spiro atoms. The Kier molecular flexibility index (Phi) is 2.71. The first-order valence-electron chi connectivity index (χ1n) is 6.35. The van der Waals surface area contributed by atoms with Crippen molar-refractivity contribution in [2.45, 2.75) is 37.5 Å². The third-order valence-electron chi connectivity index (χ3n) is 4.10. The molecule has 1 aromatic carbocycles. The molecule has 3 rings (SSSR count). The van der Waals surface area contributed by atoms with Crippen LogP contribution < -0.4 is 9.47 Å². The van der Waals surface area contributed by atoms with E-state index >= 15 is 0 Å². The first kappa shape index (κ1) is 10.9. The Morgan fingerprint density at radius 3 is 2.59 bits per heavy atom. The highest BCUT2D eigenvalue weighted by atomic mass is 16.7. The minimum atomic E-state index is -0.0563. The summed E-state index contributed by atoms with van der Waals surface area (Å²) in [6.07, 6.45) is 5.84. The van der Waals surface area contributed by atoms with Crippen molar-refractivity contribution in [2.24, 2.45) is 0 Å². The van der Waals surface area contributed by atoms with Crippen molar-refractivity contribution < 1.29 is 14.6 Å². The van der Waals surface area contributed by atoms with Crippen LogP contribution in [-0.4, -0.2) is 18.5 Å². The molecule has 2 aliphatic rings. The summed E-state index contributed by atoms with van der Waals surface area (Å²) in [7, 11) is 0. The van der Waals surface area contributed by atoms with E-state index in [0.717, 1.165) is 24.3 Å². The first-order chi connectivity index (χ1) is 8.34. The lowest BCUT2D eigenvalue weighted by Gasteiger charge is -2.36. The minimum absolute atomic E-state index is 0.0563. The molecule has 0 amide bonds. The Balaban J connectivity index is 1.96. The summed E-state index contributed by atoms with van der Waals surface area (Å²) in [5.74, 6) is 1.64. The van der Waals surface area contributed by atoms with Crippen LogP contribution in [0.5, 0.6) is 11.5 Å². The van der Waals surface area contributed by atoms with Crippen LogP contribution in [0.3, 0.4) is 0 Å². The molecule has 1 heterocycles. The Labute approximate surface area is 101 Å². The zero-order chi connectivity index (χ0) is 11.7. The van der Waals surface area contributed by atoms with E-state index < -0.39 is 0 Å². The van der Waals surface area contributed by atoms with Crippen LogP contribution in [0.25, 0.3) is 0 Å². The van der Waals surface area contributed by atoms with E-state index in [4.69, 9.17) is 9.47 Å². The highest BCUT2D eigenvalue weighted by Gasteiger charge is 2.34. The molecule has 0 radical (unpaired) electrons. The highest BCUT2D eigenvalue weighted by molar-refractivity contribution is 5.46. The fraction of sp³-hybridized carbons (Fsp3) is 0.571. The van der Waals surface area contributed by atoms with Crippen LogP contribution in [0, 0.1) is 0 Å². The second-order valence-electron chi connectivity index (χ2n) is 5.07. The molecule has 0 saturated heterocycles. The molecule has 0 unspecified atom stereocenters. The van der Waals surface area contributed by atoms with E-state index in [9.17, 15) is 5.11 Å². The lowest BCUT2D eigenvalue weighted by atomic mass is 9.70. The summed E-state index contributed by atoms with van der Waals surface area (Å²) < 4.78 is 10.7. The standard InChI is InChI=1S/C14H18O3/c15-9-14(6-2-1-3-7-14)11-4-5-12-13(8-11)17-10-16-12/h4-5,8,15H,1-3,6-7,9-10H2. The third kappa shape index (κ3) is 1.78. The largest absolute Gasteiger partial charge is 0.454 e. The van der Waals surface area contributed by atoms with E-state index in [2.05, 4.69) is 6.07 Å². The van der Waals surface area contributed by atoms with E-state index in [1.807, 2.05) is 12.1 Å². The van der Waals surface area contributed by atoms with Gasteiger partial charge in [-0.25, -0.2) is 0 Å². The van der Waals surface area contributed by atoms with Gasteiger partial charge < -0.3 is 14.6 Å². The summed E-state index contributed by atoms with van der Waals surface area (Å²) in [6, 6.07) is 6.09. The summed E-state index contributed by atoms with van der Waals surface area (Å²) >= 11 is 0. The van der Waals surface area contributed by atoms with Crippen LogP contribution in [0.15, 0.2) is 18.2 Å². The zero-order valence-electron chi connectivity index (χ0n) is 9.95.